The van der Waals surface area contributed by atoms with Crippen LogP contribution in [0.5, 0.6) is 17.2 Å². The fraction of sp³-hybridized carbons (Fsp3) is 0.438. The first-order valence-electron chi connectivity index (χ1n) is 14.7. The zero-order valence-corrected chi connectivity index (χ0v) is 24.8. The highest BCUT2D eigenvalue weighted by atomic mass is 19.1. The van der Waals surface area contributed by atoms with E-state index in [0.29, 0.717) is 61.8 Å². The van der Waals surface area contributed by atoms with Gasteiger partial charge in [0, 0.05) is 26.1 Å². The number of rotatable bonds is 4. The van der Waals surface area contributed by atoms with Gasteiger partial charge in [0.2, 0.25) is 11.8 Å². The number of benzene rings is 2. The number of aryl methyl sites for hydroxylation is 2. The minimum absolute atomic E-state index is 0.0539. The quantitative estimate of drug-likeness (QED) is 0.485. The molecule has 3 heterocycles. The SMILES string of the molecule is CCc1ncnc(N2CC[C@@H]3NC(=O)CN(CC)C(=O)CCc4ccc(OC)c(c4)Oc4cccc(c4)CO[C@H]3C2)c1F. The molecule has 1 aromatic heterocycles. The Morgan fingerprint density at radius 2 is 1.95 bits per heavy atom. The molecule has 0 aliphatic carbocycles. The lowest BCUT2D eigenvalue weighted by Gasteiger charge is -2.39. The molecule has 3 aromatic rings. The van der Waals surface area contributed by atoms with Gasteiger partial charge in [-0.2, -0.15) is 0 Å². The van der Waals surface area contributed by atoms with Gasteiger partial charge in [-0.1, -0.05) is 25.1 Å². The van der Waals surface area contributed by atoms with Crippen LogP contribution in [0, 0.1) is 5.82 Å². The monoisotopic (exact) mass is 591 g/mol. The van der Waals surface area contributed by atoms with E-state index in [1.54, 1.807) is 12.0 Å². The Hall–Kier alpha value is -4.25. The number of amides is 2. The van der Waals surface area contributed by atoms with Crippen molar-refractivity contribution < 1.29 is 28.2 Å². The van der Waals surface area contributed by atoms with Crippen molar-refractivity contribution in [1.82, 2.24) is 20.2 Å². The standard InChI is InChI=1S/C32H38FN5O5/c1-4-24-31(33)32(35-20-34-24)38-14-13-25-28(17-38)42-19-22-7-6-8-23(15-22)43-27-16-21(9-11-26(27)41-3)10-12-30(40)37(5-2)18-29(39)36-25/h6-9,11,15-16,20,25,28H,4-5,10,12-14,17-19H2,1-3H3,(H,36,39)/t25-,28-/m0/s1. The van der Waals surface area contributed by atoms with Crippen molar-refractivity contribution in [2.45, 2.75) is 58.3 Å². The summed E-state index contributed by atoms with van der Waals surface area (Å²) in [6.45, 7) is 5.09. The Labute approximate surface area is 251 Å². The van der Waals surface area contributed by atoms with Gasteiger partial charge in [0.1, 0.15) is 12.1 Å². The number of anilines is 1. The smallest absolute Gasteiger partial charge is 0.239 e. The summed E-state index contributed by atoms with van der Waals surface area (Å²) in [7, 11) is 1.58. The Morgan fingerprint density at radius 1 is 1.09 bits per heavy atom. The number of methoxy groups -OCH3 is 1. The summed E-state index contributed by atoms with van der Waals surface area (Å²) in [5.74, 6) is 1.15. The van der Waals surface area contributed by atoms with Crippen molar-refractivity contribution in [2.75, 3.05) is 38.2 Å². The highest BCUT2D eigenvalue weighted by Crippen LogP contribution is 2.33. The van der Waals surface area contributed by atoms with Crippen molar-refractivity contribution in [3.8, 4) is 17.2 Å². The van der Waals surface area contributed by atoms with Gasteiger partial charge in [0.25, 0.3) is 0 Å². The Balaban J connectivity index is 1.44. The molecular weight excluding hydrogens is 553 g/mol. The number of carbonyl (C=O) groups is 2. The lowest BCUT2D eigenvalue weighted by Crippen LogP contribution is -2.57. The van der Waals surface area contributed by atoms with E-state index in [4.69, 9.17) is 14.2 Å². The molecule has 2 atom stereocenters. The van der Waals surface area contributed by atoms with Crippen LogP contribution in [0.25, 0.3) is 0 Å². The number of carbonyl (C=O) groups excluding carboxylic acids is 2. The number of hydrogen-bond donors (Lipinski definition) is 1. The van der Waals surface area contributed by atoms with Crippen molar-refractivity contribution in [3.05, 3.63) is 71.4 Å². The molecule has 0 saturated carbocycles. The molecule has 0 radical (unpaired) electrons. The van der Waals surface area contributed by atoms with E-state index in [1.165, 1.54) is 6.33 Å². The summed E-state index contributed by atoms with van der Waals surface area (Å²) in [4.78, 5) is 38.0. The zero-order valence-electron chi connectivity index (χ0n) is 24.8. The molecule has 2 aliphatic rings. The van der Waals surface area contributed by atoms with Crippen LogP contribution in [0.3, 0.4) is 0 Å². The molecule has 2 aromatic carbocycles. The maximum absolute atomic E-state index is 15.2. The van der Waals surface area contributed by atoms with Crippen LogP contribution in [0.1, 0.15) is 43.5 Å². The Morgan fingerprint density at radius 3 is 2.74 bits per heavy atom. The molecular formula is C32H38FN5O5. The van der Waals surface area contributed by atoms with E-state index in [2.05, 4.69) is 15.3 Å². The van der Waals surface area contributed by atoms with Gasteiger partial charge in [0.05, 0.1) is 38.1 Å². The van der Waals surface area contributed by atoms with Gasteiger partial charge >= 0.3 is 0 Å². The topological polar surface area (TPSA) is 106 Å². The van der Waals surface area contributed by atoms with Gasteiger partial charge in [-0.05, 0) is 61.6 Å². The average Bonchev–Trinajstić information content (AvgIpc) is 3.02. The van der Waals surface area contributed by atoms with Gasteiger partial charge in [-0.25, -0.2) is 14.4 Å². The second-order valence-corrected chi connectivity index (χ2v) is 10.7. The Bertz CT molecular complexity index is 1450. The van der Waals surface area contributed by atoms with Crippen LogP contribution >= 0.6 is 0 Å². The van der Waals surface area contributed by atoms with E-state index >= 15 is 4.39 Å². The number of nitrogens with one attached hydrogen (secondary N) is 1. The Kier molecular flexibility index (Phi) is 9.71. The largest absolute Gasteiger partial charge is 0.493 e. The number of nitrogens with zero attached hydrogens (tertiary/aromatic N) is 4. The fourth-order valence-corrected chi connectivity index (χ4v) is 5.50. The van der Waals surface area contributed by atoms with Crippen LogP contribution in [0.2, 0.25) is 0 Å². The van der Waals surface area contributed by atoms with Crippen LogP contribution in [-0.4, -0.2) is 72.1 Å². The lowest BCUT2D eigenvalue weighted by molar-refractivity contribution is -0.136. The van der Waals surface area contributed by atoms with Crippen LogP contribution in [-0.2, 0) is 33.8 Å². The van der Waals surface area contributed by atoms with Gasteiger partial charge in [-0.15, -0.1) is 0 Å². The molecule has 0 spiro atoms. The van der Waals surface area contributed by atoms with Crippen molar-refractivity contribution in [1.29, 1.82) is 0 Å². The van der Waals surface area contributed by atoms with E-state index in [9.17, 15) is 9.59 Å². The van der Waals surface area contributed by atoms with Crippen LogP contribution in [0.4, 0.5) is 10.2 Å². The predicted octanol–water partition coefficient (Wildman–Crippen LogP) is 4.05. The number of likely N-dealkylation sites (N-methyl/N-ethyl adjacent to an activating group) is 1. The molecule has 43 heavy (non-hydrogen) atoms. The van der Waals surface area contributed by atoms with Crippen molar-refractivity contribution in [2.24, 2.45) is 0 Å². The number of fused-ring (bicyclic) bond motifs is 5. The molecule has 2 aliphatic heterocycles. The lowest BCUT2D eigenvalue weighted by atomic mass is 10.0. The summed E-state index contributed by atoms with van der Waals surface area (Å²) < 4.78 is 33.3. The second-order valence-electron chi connectivity index (χ2n) is 10.7. The summed E-state index contributed by atoms with van der Waals surface area (Å²) >= 11 is 0. The van der Waals surface area contributed by atoms with E-state index in [-0.39, 0.29) is 43.2 Å². The number of aromatic nitrogens is 2. The normalized spacial score (nSPS) is 19.9. The van der Waals surface area contributed by atoms with Crippen molar-refractivity contribution in [3.63, 3.8) is 0 Å². The molecule has 11 heteroatoms. The molecule has 1 N–H and O–H groups in total. The highest BCUT2D eigenvalue weighted by Gasteiger charge is 2.34. The molecule has 228 valence electrons. The van der Waals surface area contributed by atoms with Gasteiger partial charge in [-0.3, -0.25) is 9.59 Å². The summed E-state index contributed by atoms with van der Waals surface area (Å²) in [6, 6.07) is 12.8. The molecule has 5 rings (SSSR count). The summed E-state index contributed by atoms with van der Waals surface area (Å²) in [5, 5.41) is 3.09. The van der Waals surface area contributed by atoms with E-state index in [0.717, 1.165) is 11.1 Å². The first-order chi connectivity index (χ1) is 20.9. The molecule has 2 amide bonds. The maximum atomic E-state index is 15.2. The number of piperidine rings is 1. The maximum Gasteiger partial charge on any atom is 0.239 e. The molecule has 1 fully saturated rings. The first kappa shape index (κ1) is 30.2. The number of hydrogen-bond acceptors (Lipinski definition) is 8. The van der Waals surface area contributed by atoms with Crippen molar-refractivity contribution >= 4 is 17.6 Å². The second kappa shape index (κ2) is 13.8. The average molecular weight is 592 g/mol. The minimum atomic E-state index is -0.469. The van der Waals surface area contributed by atoms with E-state index in [1.807, 2.05) is 61.2 Å². The molecule has 0 unspecified atom stereocenters. The minimum Gasteiger partial charge on any atom is -0.493 e. The summed E-state index contributed by atoms with van der Waals surface area (Å²) in [5.41, 5.74) is 2.15. The predicted molar refractivity (Wildman–Crippen MR) is 159 cm³/mol. The first-order valence-corrected chi connectivity index (χ1v) is 14.7. The van der Waals surface area contributed by atoms with Gasteiger partial charge < -0.3 is 29.3 Å². The van der Waals surface area contributed by atoms with E-state index < -0.39 is 11.9 Å². The van der Waals surface area contributed by atoms with Crippen LogP contribution in [0.15, 0.2) is 48.8 Å². The highest BCUT2D eigenvalue weighted by molar-refractivity contribution is 5.85. The fourth-order valence-electron chi connectivity index (χ4n) is 5.50. The van der Waals surface area contributed by atoms with Crippen LogP contribution < -0.4 is 19.7 Å². The number of halogens is 1. The molecule has 1 saturated heterocycles. The molecule has 4 bridgehead atoms. The third-order valence-corrected chi connectivity index (χ3v) is 7.90. The third-order valence-electron chi connectivity index (χ3n) is 7.90. The third kappa shape index (κ3) is 7.22. The zero-order chi connectivity index (χ0) is 30.3. The summed E-state index contributed by atoms with van der Waals surface area (Å²) in [6.07, 6.45) is 2.61. The number of ether oxygens (including phenoxy) is 3. The van der Waals surface area contributed by atoms with Gasteiger partial charge in [0.15, 0.2) is 23.1 Å². The molecule has 10 nitrogen and oxygen atoms in total.